The molecular formula is C13H12FN3O. The molecule has 0 fully saturated rings. The Morgan fingerprint density at radius 1 is 1.33 bits per heavy atom. The smallest absolute Gasteiger partial charge is 0.233 e. The molecule has 0 N–H and O–H groups in total. The lowest BCUT2D eigenvalue weighted by Gasteiger charge is -2.17. The van der Waals surface area contributed by atoms with E-state index in [1.807, 2.05) is 11.0 Å². The molecule has 0 amide bonds. The lowest BCUT2D eigenvalue weighted by Crippen LogP contribution is -2.16. The predicted octanol–water partition coefficient (Wildman–Crippen LogP) is 2.32. The fraction of sp³-hybridized carbons (Fsp3) is 0.231. The van der Waals surface area contributed by atoms with E-state index in [0.717, 1.165) is 24.2 Å². The molecule has 1 aliphatic heterocycles. The van der Waals surface area contributed by atoms with Gasteiger partial charge in [-0.2, -0.15) is 4.98 Å². The van der Waals surface area contributed by atoms with Gasteiger partial charge >= 0.3 is 0 Å². The molecule has 5 heteroatoms. The van der Waals surface area contributed by atoms with Crippen LogP contribution >= 0.6 is 0 Å². The van der Waals surface area contributed by atoms with E-state index in [0.29, 0.717) is 11.8 Å². The minimum absolute atomic E-state index is 0.247. The quantitative estimate of drug-likeness (QED) is 0.813. The molecule has 0 saturated heterocycles. The molecule has 92 valence electrons. The molecule has 2 aromatic rings. The molecule has 0 radical (unpaired) electrons. The molecule has 3 rings (SSSR count). The van der Waals surface area contributed by atoms with Crippen molar-refractivity contribution in [1.82, 2.24) is 9.97 Å². The SMILES string of the molecule is COc1ccnc(N2CCc3ccc(F)cc32)n1. The molecule has 0 spiro atoms. The maximum atomic E-state index is 13.3. The van der Waals surface area contributed by atoms with Crippen LogP contribution in [-0.2, 0) is 6.42 Å². The van der Waals surface area contributed by atoms with Gasteiger partial charge < -0.3 is 9.64 Å². The molecule has 0 saturated carbocycles. The highest BCUT2D eigenvalue weighted by molar-refractivity contribution is 5.65. The Morgan fingerprint density at radius 3 is 3.06 bits per heavy atom. The summed E-state index contributed by atoms with van der Waals surface area (Å²) in [5.74, 6) is 0.798. The monoisotopic (exact) mass is 245 g/mol. The topological polar surface area (TPSA) is 38.2 Å². The summed E-state index contributed by atoms with van der Waals surface area (Å²) < 4.78 is 18.4. The second kappa shape index (κ2) is 4.25. The third kappa shape index (κ3) is 1.77. The Balaban J connectivity index is 2.02. The van der Waals surface area contributed by atoms with Gasteiger partial charge in [-0.1, -0.05) is 6.07 Å². The standard InChI is InChI=1S/C13H12FN3O/c1-18-12-4-6-15-13(16-12)17-7-5-9-2-3-10(14)8-11(9)17/h2-4,6,8H,5,7H2,1H3. The summed E-state index contributed by atoms with van der Waals surface area (Å²) in [6.45, 7) is 0.756. The van der Waals surface area contributed by atoms with Crippen molar-refractivity contribution in [1.29, 1.82) is 0 Å². The zero-order valence-corrected chi connectivity index (χ0v) is 9.93. The summed E-state index contributed by atoms with van der Waals surface area (Å²) in [5, 5.41) is 0. The number of rotatable bonds is 2. The van der Waals surface area contributed by atoms with E-state index >= 15 is 0 Å². The molecule has 2 heterocycles. The van der Waals surface area contributed by atoms with Crippen LogP contribution in [0.2, 0.25) is 0 Å². The number of benzene rings is 1. The number of fused-ring (bicyclic) bond motifs is 1. The van der Waals surface area contributed by atoms with Crippen molar-refractivity contribution >= 4 is 11.6 Å². The van der Waals surface area contributed by atoms with E-state index < -0.39 is 0 Å². The minimum Gasteiger partial charge on any atom is -0.481 e. The Morgan fingerprint density at radius 2 is 2.22 bits per heavy atom. The Labute approximate surface area is 104 Å². The first-order valence-corrected chi connectivity index (χ1v) is 5.71. The molecule has 0 atom stereocenters. The molecule has 4 nitrogen and oxygen atoms in total. The molecule has 1 aromatic heterocycles. The summed E-state index contributed by atoms with van der Waals surface area (Å²) in [6.07, 6.45) is 2.51. The highest BCUT2D eigenvalue weighted by atomic mass is 19.1. The van der Waals surface area contributed by atoms with Gasteiger partial charge in [0, 0.05) is 18.8 Å². The fourth-order valence-corrected chi connectivity index (χ4v) is 2.14. The van der Waals surface area contributed by atoms with Crippen LogP contribution in [0.3, 0.4) is 0 Å². The summed E-state index contributed by atoms with van der Waals surface area (Å²) in [4.78, 5) is 10.4. The third-order valence-corrected chi connectivity index (χ3v) is 3.01. The van der Waals surface area contributed by atoms with Gasteiger partial charge in [0.15, 0.2) is 0 Å². The molecule has 1 aromatic carbocycles. The second-order valence-electron chi connectivity index (χ2n) is 4.07. The van der Waals surface area contributed by atoms with Gasteiger partial charge in [-0.05, 0) is 24.1 Å². The van der Waals surface area contributed by atoms with Gasteiger partial charge in [0.2, 0.25) is 11.8 Å². The number of halogens is 1. The second-order valence-corrected chi connectivity index (χ2v) is 4.07. The molecular weight excluding hydrogens is 233 g/mol. The average Bonchev–Trinajstić information content (AvgIpc) is 2.81. The van der Waals surface area contributed by atoms with Crippen LogP contribution in [-0.4, -0.2) is 23.6 Å². The minimum atomic E-state index is -0.247. The fourth-order valence-electron chi connectivity index (χ4n) is 2.14. The average molecular weight is 245 g/mol. The van der Waals surface area contributed by atoms with Crippen molar-refractivity contribution in [2.24, 2.45) is 0 Å². The Kier molecular flexibility index (Phi) is 2.59. The normalized spacial score (nSPS) is 13.6. The lowest BCUT2D eigenvalue weighted by atomic mass is 10.2. The zero-order valence-electron chi connectivity index (χ0n) is 9.93. The summed E-state index contributed by atoms with van der Waals surface area (Å²) in [5.41, 5.74) is 1.95. The highest BCUT2D eigenvalue weighted by Gasteiger charge is 2.23. The van der Waals surface area contributed by atoms with Crippen LogP contribution in [0.1, 0.15) is 5.56 Å². The van der Waals surface area contributed by atoms with Crippen molar-refractivity contribution in [2.45, 2.75) is 6.42 Å². The largest absolute Gasteiger partial charge is 0.481 e. The van der Waals surface area contributed by atoms with Gasteiger partial charge in [0.25, 0.3) is 0 Å². The van der Waals surface area contributed by atoms with Crippen LogP contribution in [0, 0.1) is 5.82 Å². The molecule has 0 bridgehead atoms. The maximum absolute atomic E-state index is 13.3. The molecule has 0 unspecified atom stereocenters. The van der Waals surface area contributed by atoms with Crippen molar-refractivity contribution < 1.29 is 9.13 Å². The number of ether oxygens (including phenoxy) is 1. The van der Waals surface area contributed by atoms with Crippen molar-refractivity contribution in [3.63, 3.8) is 0 Å². The first-order chi connectivity index (χ1) is 8.78. The van der Waals surface area contributed by atoms with Gasteiger partial charge in [-0.25, -0.2) is 9.37 Å². The first-order valence-electron chi connectivity index (χ1n) is 5.71. The van der Waals surface area contributed by atoms with Crippen LogP contribution in [0.5, 0.6) is 5.88 Å². The number of hydrogen-bond donors (Lipinski definition) is 0. The zero-order chi connectivity index (χ0) is 12.5. The number of methoxy groups -OCH3 is 1. The molecule has 18 heavy (non-hydrogen) atoms. The first kappa shape index (κ1) is 11.0. The third-order valence-electron chi connectivity index (χ3n) is 3.01. The van der Waals surface area contributed by atoms with Crippen LogP contribution < -0.4 is 9.64 Å². The van der Waals surface area contributed by atoms with E-state index in [1.165, 1.54) is 12.1 Å². The van der Waals surface area contributed by atoms with Gasteiger partial charge in [0.05, 0.1) is 12.8 Å². The summed E-state index contributed by atoms with van der Waals surface area (Å²) in [6, 6.07) is 6.50. The molecule has 1 aliphatic rings. The number of aromatic nitrogens is 2. The summed E-state index contributed by atoms with van der Waals surface area (Å²) >= 11 is 0. The van der Waals surface area contributed by atoms with Crippen LogP contribution in [0.25, 0.3) is 0 Å². The van der Waals surface area contributed by atoms with E-state index in [1.54, 1.807) is 19.4 Å². The maximum Gasteiger partial charge on any atom is 0.233 e. The van der Waals surface area contributed by atoms with Gasteiger partial charge in [-0.3, -0.25) is 0 Å². The predicted molar refractivity (Wildman–Crippen MR) is 65.7 cm³/mol. The van der Waals surface area contributed by atoms with Crippen LogP contribution in [0.4, 0.5) is 16.0 Å². The van der Waals surface area contributed by atoms with E-state index in [9.17, 15) is 4.39 Å². The molecule has 0 aliphatic carbocycles. The number of anilines is 2. The van der Waals surface area contributed by atoms with E-state index in [2.05, 4.69) is 9.97 Å². The van der Waals surface area contributed by atoms with Gasteiger partial charge in [0.1, 0.15) is 5.82 Å². The highest BCUT2D eigenvalue weighted by Crippen LogP contribution is 2.33. The van der Waals surface area contributed by atoms with Crippen LogP contribution in [0.15, 0.2) is 30.5 Å². The Hall–Kier alpha value is -2.17. The number of nitrogens with zero attached hydrogens (tertiary/aromatic N) is 3. The van der Waals surface area contributed by atoms with Crippen molar-refractivity contribution in [3.05, 3.63) is 41.8 Å². The number of hydrogen-bond acceptors (Lipinski definition) is 4. The van der Waals surface area contributed by atoms with Crippen molar-refractivity contribution in [3.8, 4) is 5.88 Å². The summed E-state index contributed by atoms with van der Waals surface area (Å²) in [7, 11) is 1.56. The van der Waals surface area contributed by atoms with Gasteiger partial charge in [-0.15, -0.1) is 0 Å². The van der Waals surface area contributed by atoms with E-state index in [4.69, 9.17) is 4.74 Å². The van der Waals surface area contributed by atoms with Crippen molar-refractivity contribution in [2.75, 3.05) is 18.6 Å². The Bertz CT molecular complexity index is 588. The van der Waals surface area contributed by atoms with E-state index in [-0.39, 0.29) is 5.82 Å². The lowest BCUT2D eigenvalue weighted by molar-refractivity contribution is 0.397.